The number of carbonyl (C=O) groups excluding carboxylic acids is 1. The summed E-state index contributed by atoms with van der Waals surface area (Å²) < 4.78 is 18.2. The Balaban J connectivity index is 1.94. The fourth-order valence-electron chi connectivity index (χ4n) is 3.00. The lowest BCUT2D eigenvalue weighted by atomic mass is 10.0. The van der Waals surface area contributed by atoms with Gasteiger partial charge in [-0.15, -0.1) is 0 Å². The van der Waals surface area contributed by atoms with E-state index in [9.17, 15) is 19.1 Å². The Morgan fingerprint density at radius 3 is 2.17 bits per heavy atom. The van der Waals surface area contributed by atoms with Crippen LogP contribution in [0.25, 0.3) is 0 Å². The molecule has 1 aliphatic carbocycles. The maximum atomic E-state index is 12.8. The van der Waals surface area contributed by atoms with E-state index in [4.69, 9.17) is 4.74 Å². The number of hydrogen-bond acceptors (Lipinski definition) is 3. The number of carboxylic acids is 1. The third-order valence-electron chi connectivity index (χ3n) is 5.11. The van der Waals surface area contributed by atoms with E-state index in [2.05, 4.69) is 5.32 Å². The first-order valence-electron chi connectivity index (χ1n) is 7.50. The fraction of sp³-hybridized carbons (Fsp3) is 0.529. The highest BCUT2D eigenvalue weighted by Gasteiger charge is 2.68. The molecule has 23 heavy (non-hydrogen) atoms. The molecule has 0 aliphatic heterocycles. The molecule has 0 bridgehead atoms. The van der Waals surface area contributed by atoms with E-state index in [1.807, 2.05) is 27.7 Å². The molecule has 1 fully saturated rings. The van der Waals surface area contributed by atoms with Gasteiger partial charge in [-0.3, -0.25) is 4.79 Å². The molecule has 0 saturated heterocycles. The minimum Gasteiger partial charge on any atom is -0.478 e. The number of halogens is 1. The number of amides is 1. The molecule has 1 aromatic carbocycles. The molecule has 1 unspecified atom stereocenters. The lowest BCUT2D eigenvalue weighted by Crippen LogP contribution is -2.41. The average Bonchev–Trinajstić information content (AvgIpc) is 2.86. The summed E-state index contributed by atoms with van der Waals surface area (Å²) >= 11 is 0. The molecule has 2 N–H and O–H groups in total. The molecule has 126 valence electrons. The molecule has 0 spiro atoms. The number of hydrogen-bond donors (Lipinski definition) is 2. The van der Waals surface area contributed by atoms with Crippen LogP contribution in [0.3, 0.4) is 0 Å². The van der Waals surface area contributed by atoms with Crippen molar-refractivity contribution in [2.24, 2.45) is 16.7 Å². The highest BCUT2D eigenvalue weighted by Crippen LogP contribution is 2.68. The minimum absolute atomic E-state index is 0.117. The van der Waals surface area contributed by atoms with Crippen molar-refractivity contribution in [2.75, 3.05) is 6.54 Å². The van der Waals surface area contributed by atoms with Crippen LogP contribution in [0.5, 0.6) is 5.75 Å². The Kier molecular flexibility index (Phi) is 4.37. The Morgan fingerprint density at radius 2 is 1.74 bits per heavy atom. The van der Waals surface area contributed by atoms with Gasteiger partial charge in [-0.25, -0.2) is 9.18 Å². The first kappa shape index (κ1) is 17.2. The van der Waals surface area contributed by atoms with Gasteiger partial charge in [-0.05, 0) is 35.1 Å². The third-order valence-corrected chi connectivity index (χ3v) is 5.11. The van der Waals surface area contributed by atoms with E-state index in [-0.39, 0.29) is 34.9 Å². The van der Waals surface area contributed by atoms with Gasteiger partial charge in [0.1, 0.15) is 11.6 Å². The van der Waals surface area contributed by atoms with Gasteiger partial charge >= 0.3 is 5.97 Å². The topological polar surface area (TPSA) is 75.6 Å². The predicted octanol–water partition coefficient (Wildman–Crippen LogP) is 2.46. The lowest BCUT2D eigenvalue weighted by Gasteiger charge is -2.16. The second-order valence-corrected chi connectivity index (χ2v) is 7.02. The van der Waals surface area contributed by atoms with Crippen LogP contribution in [0.2, 0.25) is 0 Å². The molecule has 2 rings (SSSR count). The minimum atomic E-state index is -1.23. The SMILES string of the molecule is CC1(C)C(C(=O)NCC(Oc2ccc(F)cc2)C(=O)O)C1(C)C. The Labute approximate surface area is 134 Å². The fourth-order valence-corrected chi connectivity index (χ4v) is 3.00. The summed E-state index contributed by atoms with van der Waals surface area (Å²) in [5.74, 6) is -1.72. The van der Waals surface area contributed by atoms with Crippen LogP contribution in [-0.2, 0) is 9.59 Å². The van der Waals surface area contributed by atoms with E-state index in [0.717, 1.165) is 0 Å². The van der Waals surface area contributed by atoms with Crippen LogP contribution in [0.15, 0.2) is 24.3 Å². The van der Waals surface area contributed by atoms with Gasteiger partial charge in [0, 0.05) is 5.92 Å². The van der Waals surface area contributed by atoms with Crippen LogP contribution in [0.4, 0.5) is 4.39 Å². The second kappa shape index (κ2) is 5.83. The van der Waals surface area contributed by atoms with Crippen molar-refractivity contribution in [1.82, 2.24) is 5.32 Å². The Morgan fingerprint density at radius 1 is 1.22 bits per heavy atom. The van der Waals surface area contributed by atoms with E-state index in [1.165, 1.54) is 24.3 Å². The molecule has 1 amide bonds. The zero-order chi connectivity index (χ0) is 17.4. The van der Waals surface area contributed by atoms with E-state index < -0.39 is 17.9 Å². The number of benzene rings is 1. The third kappa shape index (κ3) is 3.30. The standard InChI is InChI=1S/C17H22FNO4/c1-16(2)13(17(16,3)4)14(20)19-9-12(15(21)22)23-11-7-5-10(18)6-8-11/h5-8,12-13H,9H2,1-4H3,(H,19,20)(H,21,22). The first-order valence-corrected chi connectivity index (χ1v) is 7.50. The largest absolute Gasteiger partial charge is 0.478 e. The van der Waals surface area contributed by atoms with Crippen LogP contribution in [0, 0.1) is 22.6 Å². The summed E-state index contributed by atoms with van der Waals surface area (Å²) in [5, 5.41) is 11.9. The van der Waals surface area contributed by atoms with Crippen LogP contribution < -0.4 is 10.1 Å². The van der Waals surface area contributed by atoms with Crippen LogP contribution >= 0.6 is 0 Å². The molecule has 1 aromatic rings. The van der Waals surface area contributed by atoms with Crippen LogP contribution in [0.1, 0.15) is 27.7 Å². The van der Waals surface area contributed by atoms with Gasteiger partial charge in [0.2, 0.25) is 12.0 Å². The van der Waals surface area contributed by atoms with Gasteiger partial charge in [0.15, 0.2) is 0 Å². The Bertz CT molecular complexity index is 596. The van der Waals surface area contributed by atoms with Crippen molar-refractivity contribution in [3.63, 3.8) is 0 Å². The molecule has 5 nitrogen and oxygen atoms in total. The van der Waals surface area contributed by atoms with Crippen LogP contribution in [-0.4, -0.2) is 29.6 Å². The molecule has 6 heteroatoms. The summed E-state index contributed by atoms with van der Waals surface area (Å²) in [4.78, 5) is 23.5. The van der Waals surface area contributed by atoms with Crippen molar-refractivity contribution in [3.05, 3.63) is 30.1 Å². The first-order chi connectivity index (χ1) is 10.6. The molecule has 1 aliphatic rings. The van der Waals surface area contributed by atoms with E-state index in [1.54, 1.807) is 0 Å². The smallest absolute Gasteiger partial charge is 0.346 e. The summed E-state index contributed by atoms with van der Waals surface area (Å²) in [6, 6.07) is 5.06. The summed E-state index contributed by atoms with van der Waals surface area (Å²) in [5.41, 5.74) is -0.235. The monoisotopic (exact) mass is 323 g/mol. The zero-order valence-electron chi connectivity index (χ0n) is 13.7. The van der Waals surface area contributed by atoms with Crippen molar-refractivity contribution in [2.45, 2.75) is 33.8 Å². The number of rotatable bonds is 6. The summed E-state index contributed by atoms with van der Waals surface area (Å²) in [6.07, 6.45) is -1.23. The normalized spacial score (nSPS) is 19.7. The highest BCUT2D eigenvalue weighted by molar-refractivity contribution is 5.84. The predicted molar refractivity (Wildman–Crippen MR) is 82.5 cm³/mol. The Hall–Kier alpha value is -2.11. The lowest BCUT2D eigenvalue weighted by molar-refractivity contribution is -0.145. The van der Waals surface area contributed by atoms with Crippen molar-refractivity contribution < 1.29 is 23.8 Å². The van der Waals surface area contributed by atoms with Gasteiger partial charge in [-0.2, -0.15) is 0 Å². The number of nitrogens with one attached hydrogen (secondary N) is 1. The summed E-state index contributed by atoms with van der Waals surface area (Å²) in [6.45, 7) is 7.91. The second-order valence-electron chi connectivity index (χ2n) is 7.02. The maximum absolute atomic E-state index is 12.8. The highest BCUT2D eigenvalue weighted by atomic mass is 19.1. The maximum Gasteiger partial charge on any atom is 0.346 e. The zero-order valence-corrected chi connectivity index (χ0v) is 13.7. The molecule has 0 heterocycles. The van der Waals surface area contributed by atoms with Gasteiger partial charge in [0.25, 0.3) is 0 Å². The quantitative estimate of drug-likeness (QED) is 0.843. The average molecular weight is 323 g/mol. The molecular formula is C17H22FNO4. The van der Waals surface area contributed by atoms with Crippen molar-refractivity contribution in [1.29, 1.82) is 0 Å². The number of ether oxygens (including phenoxy) is 1. The van der Waals surface area contributed by atoms with Gasteiger partial charge < -0.3 is 15.2 Å². The number of carboxylic acid groups (broad SMARTS) is 1. The molecule has 0 aromatic heterocycles. The van der Waals surface area contributed by atoms with Gasteiger partial charge in [-0.1, -0.05) is 27.7 Å². The van der Waals surface area contributed by atoms with E-state index in [0.29, 0.717) is 0 Å². The summed E-state index contributed by atoms with van der Waals surface area (Å²) in [7, 11) is 0. The number of aliphatic carboxylic acids is 1. The molecule has 0 radical (unpaired) electrons. The van der Waals surface area contributed by atoms with Crippen molar-refractivity contribution in [3.8, 4) is 5.75 Å². The molecular weight excluding hydrogens is 301 g/mol. The molecule has 1 atom stereocenters. The van der Waals surface area contributed by atoms with Crippen molar-refractivity contribution >= 4 is 11.9 Å². The van der Waals surface area contributed by atoms with E-state index >= 15 is 0 Å². The molecule has 1 saturated carbocycles. The van der Waals surface area contributed by atoms with Gasteiger partial charge in [0.05, 0.1) is 6.54 Å². The number of carbonyl (C=O) groups is 2.